The first-order valence-electron chi connectivity index (χ1n) is 10.2. The largest absolute Gasteiger partial charge is 0.494 e. The van der Waals surface area contributed by atoms with Crippen molar-refractivity contribution in [3.63, 3.8) is 0 Å². The van der Waals surface area contributed by atoms with Crippen molar-refractivity contribution in [2.24, 2.45) is 0 Å². The van der Waals surface area contributed by atoms with Gasteiger partial charge in [-0.25, -0.2) is 14.7 Å². The second kappa shape index (κ2) is 9.21. The highest BCUT2D eigenvalue weighted by Crippen LogP contribution is 2.42. The van der Waals surface area contributed by atoms with Crippen molar-refractivity contribution >= 4 is 67.4 Å². The van der Waals surface area contributed by atoms with Crippen LogP contribution in [0.4, 0.5) is 5.00 Å². The normalized spacial score (nSPS) is 16.2. The predicted octanol–water partition coefficient (Wildman–Crippen LogP) is 4.97. The number of benzene rings is 1. The Morgan fingerprint density at radius 3 is 2.72 bits per heavy atom. The average molecular weight is 491 g/mol. The number of anilines is 1. The first-order valence-corrected chi connectivity index (χ1v) is 12.7. The first kappa shape index (κ1) is 22.8. The van der Waals surface area contributed by atoms with Gasteiger partial charge in [-0.15, -0.1) is 22.7 Å². The molecule has 7 nitrogen and oxygen atoms in total. The number of ether oxygens (including phenoxy) is 2. The fourth-order valence-electron chi connectivity index (χ4n) is 3.43. The molecule has 1 fully saturated rings. The van der Waals surface area contributed by atoms with Gasteiger partial charge in [-0.1, -0.05) is 11.8 Å². The summed E-state index contributed by atoms with van der Waals surface area (Å²) in [6, 6.07) is 5.68. The van der Waals surface area contributed by atoms with E-state index in [1.54, 1.807) is 13.8 Å². The second-order valence-electron chi connectivity index (χ2n) is 7.10. The molecule has 4 rings (SSSR count). The van der Waals surface area contributed by atoms with Crippen molar-refractivity contribution in [1.82, 2.24) is 4.98 Å². The number of imide groups is 1. The zero-order chi connectivity index (χ0) is 23.0. The van der Waals surface area contributed by atoms with Gasteiger partial charge in [-0.05, 0) is 51.5 Å². The molecule has 1 aromatic carbocycles. The number of aryl methyl sites for hydroxylation is 1. The maximum atomic E-state index is 13.2. The van der Waals surface area contributed by atoms with E-state index >= 15 is 0 Å². The molecular weight excluding hydrogens is 468 g/mol. The predicted molar refractivity (Wildman–Crippen MR) is 127 cm³/mol. The minimum Gasteiger partial charge on any atom is -0.494 e. The van der Waals surface area contributed by atoms with Crippen molar-refractivity contribution in [3.8, 4) is 5.75 Å². The fraction of sp³-hybridized carbons (Fsp3) is 0.364. The van der Waals surface area contributed by atoms with Crippen LogP contribution in [-0.2, 0) is 14.3 Å². The molecular formula is C22H22N2O5S3. The van der Waals surface area contributed by atoms with E-state index in [9.17, 15) is 14.4 Å². The van der Waals surface area contributed by atoms with Crippen molar-refractivity contribution in [2.45, 2.75) is 43.7 Å². The lowest BCUT2D eigenvalue weighted by molar-refractivity contribution is -0.121. The van der Waals surface area contributed by atoms with Gasteiger partial charge in [0.25, 0.3) is 0 Å². The third-order valence-corrected chi connectivity index (χ3v) is 8.54. The number of nitrogens with zero attached hydrogens (tertiary/aromatic N) is 2. The molecule has 2 aromatic heterocycles. The van der Waals surface area contributed by atoms with Crippen LogP contribution < -0.4 is 9.64 Å². The summed E-state index contributed by atoms with van der Waals surface area (Å²) in [6.45, 7) is 8.11. The number of amides is 2. The minimum absolute atomic E-state index is 0.0574. The molecule has 1 unspecified atom stereocenters. The van der Waals surface area contributed by atoms with Crippen LogP contribution in [0.15, 0.2) is 22.5 Å². The van der Waals surface area contributed by atoms with Crippen LogP contribution in [0.5, 0.6) is 5.75 Å². The molecule has 32 heavy (non-hydrogen) atoms. The lowest BCUT2D eigenvalue weighted by Crippen LogP contribution is -2.31. The van der Waals surface area contributed by atoms with Gasteiger partial charge in [-0.3, -0.25) is 9.59 Å². The Labute approximate surface area is 197 Å². The van der Waals surface area contributed by atoms with Gasteiger partial charge in [0.05, 0.1) is 29.0 Å². The summed E-state index contributed by atoms with van der Waals surface area (Å²) in [5, 5.41) is -0.241. The van der Waals surface area contributed by atoms with Crippen LogP contribution in [0.25, 0.3) is 10.2 Å². The van der Waals surface area contributed by atoms with Crippen LogP contribution in [-0.4, -0.2) is 41.2 Å². The number of aromatic nitrogens is 1. The summed E-state index contributed by atoms with van der Waals surface area (Å²) in [7, 11) is 0. The number of rotatable bonds is 7. The summed E-state index contributed by atoms with van der Waals surface area (Å²) < 4.78 is 12.4. The molecule has 1 aliphatic rings. The van der Waals surface area contributed by atoms with Crippen LogP contribution in [0.1, 0.15) is 41.1 Å². The maximum Gasteiger partial charge on any atom is 0.341 e. The molecule has 0 saturated carbocycles. The summed E-state index contributed by atoms with van der Waals surface area (Å²) in [5.74, 6) is -0.397. The molecule has 0 radical (unpaired) electrons. The van der Waals surface area contributed by atoms with Crippen molar-refractivity contribution in [2.75, 3.05) is 18.1 Å². The number of carbonyl (C=O) groups is 3. The minimum atomic E-state index is -0.591. The smallest absolute Gasteiger partial charge is 0.341 e. The van der Waals surface area contributed by atoms with Crippen molar-refractivity contribution in [3.05, 3.63) is 34.2 Å². The number of thiazole rings is 1. The number of hydrogen-bond acceptors (Lipinski definition) is 9. The fourth-order valence-corrected chi connectivity index (χ4v) is 6.96. The topological polar surface area (TPSA) is 85.8 Å². The Morgan fingerprint density at radius 2 is 2.00 bits per heavy atom. The van der Waals surface area contributed by atoms with E-state index in [4.69, 9.17) is 9.47 Å². The van der Waals surface area contributed by atoms with Gasteiger partial charge >= 0.3 is 5.97 Å². The zero-order valence-corrected chi connectivity index (χ0v) is 20.5. The second-order valence-corrected chi connectivity index (χ2v) is 10.8. The molecule has 3 aromatic rings. The van der Waals surface area contributed by atoms with Gasteiger partial charge < -0.3 is 9.47 Å². The highest BCUT2D eigenvalue weighted by Gasteiger charge is 2.43. The molecule has 3 heterocycles. The van der Waals surface area contributed by atoms with Gasteiger partial charge in [0.1, 0.15) is 16.0 Å². The van der Waals surface area contributed by atoms with Gasteiger partial charge in [-0.2, -0.15) is 0 Å². The Morgan fingerprint density at radius 1 is 1.22 bits per heavy atom. The molecule has 0 N–H and O–H groups in total. The van der Waals surface area contributed by atoms with Crippen molar-refractivity contribution in [1.29, 1.82) is 0 Å². The highest BCUT2D eigenvalue weighted by atomic mass is 32.2. The SMILES string of the molecule is CCOC(=O)c1c(N2C(=O)CC(Sc3nc4ccc(OCC)cc4s3)C2=O)sc(C)c1C. The van der Waals surface area contributed by atoms with Crippen molar-refractivity contribution < 1.29 is 23.9 Å². The Balaban J connectivity index is 1.60. The Kier molecular flexibility index (Phi) is 6.55. The van der Waals surface area contributed by atoms with E-state index < -0.39 is 11.2 Å². The van der Waals surface area contributed by atoms with E-state index in [0.29, 0.717) is 21.5 Å². The van der Waals surface area contributed by atoms with E-state index in [2.05, 4.69) is 4.98 Å². The third-order valence-electron chi connectivity index (χ3n) is 5.05. The molecule has 2 amide bonds. The van der Waals surface area contributed by atoms with Gasteiger partial charge in [0.2, 0.25) is 11.8 Å². The summed E-state index contributed by atoms with van der Waals surface area (Å²) in [6.07, 6.45) is 0.0574. The number of thioether (sulfide) groups is 1. The summed E-state index contributed by atoms with van der Waals surface area (Å²) >= 11 is 4.01. The zero-order valence-electron chi connectivity index (χ0n) is 18.1. The summed E-state index contributed by atoms with van der Waals surface area (Å²) in [4.78, 5) is 45.2. The number of carbonyl (C=O) groups excluding carboxylic acids is 3. The lowest BCUT2D eigenvalue weighted by atomic mass is 10.1. The Bertz CT molecular complexity index is 1220. The molecule has 1 atom stereocenters. The number of fused-ring (bicyclic) bond motifs is 1. The molecule has 1 saturated heterocycles. The van der Waals surface area contributed by atoms with Crippen LogP contribution in [0.3, 0.4) is 0 Å². The lowest BCUT2D eigenvalue weighted by Gasteiger charge is -2.14. The summed E-state index contributed by atoms with van der Waals surface area (Å²) in [5.41, 5.74) is 1.85. The maximum absolute atomic E-state index is 13.2. The molecule has 0 spiro atoms. The van der Waals surface area contributed by atoms with E-state index in [-0.39, 0.29) is 24.8 Å². The van der Waals surface area contributed by atoms with Gasteiger partial charge in [0, 0.05) is 11.3 Å². The van der Waals surface area contributed by atoms with Crippen LogP contribution in [0.2, 0.25) is 0 Å². The molecule has 0 aliphatic carbocycles. The van der Waals surface area contributed by atoms with E-state index in [0.717, 1.165) is 31.3 Å². The number of hydrogen-bond donors (Lipinski definition) is 0. The molecule has 168 valence electrons. The quantitative estimate of drug-likeness (QED) is 0.341. The standard InChI is InChI=1S/C22H22N2O5S3/c1-5-28-13-7-8-14-15(9-13)31-22(23-14)32-16-10-17(25)24(19(16)26)20-18(21(27)29-6-2)11(3)12(4)30-20/h7-9,16H,5-6,10H2,1-4H3. The molecule has 1 aliphatic heterocycles. The monoisotopic (exact) mass is 490 g/mol. The number of thiophene rings is 1. The molecule has 10 heteroatoms. The first-order chi connectivity index (χ1) is 15.3. The van der Waals surface area contributed by atoms with E-state index in [1.165, 1.54) is 34.4 Å². The van der Waals surface area contributed by atoms with Crippen LogP contribution >= 0.6 is 34.4 Å². The van der Waals surface area contributed by atoms with Gasteiger partial charge in [0.15, 0.2) is 4.34 Å². The van der Waals surface area contributed by atoms with E-state index in [1.807, 2.05) is 32.0 Å². The highest BCUT2D eigenvalue weighted by molar-refractivity contribution is 8.02. The third kappa shape index (κ3) is 4.14. The Hall–Kier alpha value is -2.43. The number of esters is 1. The van der Waals surface area contributed by atoms with Crippen LogP contribution in [0, 0.1) is 13.8 Å². The molecule has 0 bridgehead atoms. The average Bonchev–Trinajstić information content (AvgIpc) is 3.36.